The van der Waals surface area contributed by atoms with Gasteiger partial charge in [-0.05, 0) is 23.9 Å². The van der Waals surface area contributed by atoms with Crippen LogP contribution in [0.1, 0.15) is 31.9 Å². The minimum Gasteiger partial charge on any atom is -0.506 e. The summed E-state index contributed by atoms with van der Waals surface area (Å²) in [6, 6.07) is 3.01. The summed E-state index contributed by atoms with van der Waals surface area (Å²) in [6.07, 6.45) is 3.72. The van der Waals surface area contributed by atoms with Gasteiger partial charge in [-0.25, -0.2) is 4.79 Å². The highest BCUT2D eigenvalue weighted by molar-refractivity contribution is 6.34. The normalized spacial score (nSPS) is 11.1. The highest BCUT2D eigenvalue weighted by atomic mass is 35.5. The van der Waals surface area contributed by atoms with Crippen molar-refractivity contribution in [1.29, 1.82) is 0 Å². The second kappa shape index (κ2) is 5.53. The third-order valence-corrected chi connectivity index (χ3v) is 3.39. The van der Waals surface area contributed by atoms with Crippen molar-refractivity contribution in [2.24, 2.45) is 0 Å². The molecule has 0 spiro atoms. The first-order chi connectivity index (χ1) is 9.04. The standard InChI is InChI=1S/C14H15ClO4/c1-2-3-4-5-9-6-8-7-10(16)12(15)13(17)11(8)14(18)19-9/h6-7,16-17H,2-5H2,1H3. The first-order valence-electron chi connectivity index (χ1n) is 6.21. The van der Waals surface area contributed by atoms with E-state index in [0.29, 0.717) is 17.6 Å². The molecule has 0 aliphatic heterocycles. The molecule has 0 saturated heterocycles. The molecule has 0 saturated carbocycles. The molecule has 0 amide bonds. The SMILES string of the molecule is CCCCCc1cc2cc(O)c(Cl)c(O)c2c(=O)o1. The van der Waals surface area contributed by atoms with Gasteiger partial charge in [-0.1, -0.05) is 31.4 Å². The van der Waals surface area contributed by atoms with Crippen molar-refractivity contribution in [2.75, 3.05) is 0 Å². The topological polar surface area (TPSA) is 70.7 Å². The van der Waals surface area contributed by atoms with Crippen LogP contribution in [0.3, 0.4) is 0 Å². The number of phenolic OH excluding ortho intramolecular Hbond substituents is 2. The largest absolute Gasteiger partial charge is 0.506 e. The predicted octanol–water partition coefficient (Wildman–Crippen LogP) is 3.59. The van der Waals surface area contributed by atoms with Gasteiger partial charge in [-0.15, -0.1) is 0 Å². The van der Waals surface area contributed by atoms with Gasteiger partial charge in [0.1, 0.15) is 21.9 Å². The third-order valence-electron chi connectivity index (χ3n) is 3.02. The van der Waals surface area contributed by atoms with Crippen molar-refractivity contribution >= 4 is 22.4 Å². The average molecular weight is 283 g/mol. The smallest absolute Gasteiger partial charge is 0.347 e. The van der Waals surface area contributed by atoms with Crippen molar-refractivity contribution in [3.63, 3.8) is 0 Å². The number of unbranched alkanes of at least 4 members (excludes halogenated alkanes) is 2. The van der Waals surface area contributed by atoms with Gasteiger partial charge in [-0.3, -0.25) is 0 Å². The number of aromatic hydroxyl groups is 2. The number of fused-ring (bicyclic) bond motifs is 1. The molecule has 2 N–H and O–H groups in total. The molecule has 0 fully saturated rings. The molecular weight excluding hydrogens is 268 g/mol. The van der Waals surface area contributed by atoms with Crippen molar-refractivity contribution in [1.82, 2.24) is 0 Å². The molecule has 1 heterocycles. The Balaban J connectivity index is 2.52. The molecule has 102 valence electrons. The summed E-state index contributed by atoms with van der Waals surface area (Å²) in [4.78, 5) is 11.8. The van der Waals surface area contributed by atoms with Gasteiger partial charge in [-0.2, -0.15) is 0 Å². The number of aryl methyl sites for hydroxylation is 1. The van der Waals surface area contributed by atoms with E-state index in [2.05, 4.69) is 6.92 Å². The second-order valence-corrected chi connectivity index (χ2v) is 4.86. The van der Waals surface area contributed by atoms with Gasteiger partial charge in [0.25, 0.3) is 0 Å². The van der Waals surface area contributed by atoms with Crippen LogP contribution in [0, 0.1) is 0 Å². The molecule has 2 rings (SSSR count). The van der Waals surface area contributed by atoms with E-state index in [0.717, 1.165) is 19.3 Å². The van der Waals surface area contributed by atoms with Crippen LogP contribution in [0.5, 0.6) is 11.5 Å². The lowest BCUT2D eigenvalue weighted by molar-refractivity contribution is 0.442. The Morgan fingerprint density at radius 3 is 2.68 bits per heavy atom. The summed E-state index contributed by atoms with van der Waals surface area (Å²) in [5.74, 6) is -0.144. The van der Waals surface area contributed by atoms with Gasteiger partial charge in [0, 0.05) is 6.42 Å². The van der Waals surface area contributed by atoms with Crippen LogP contribution < -0.4 is 5.63 Å². The number of benzene rings is 1. The first kappa shape index (κ1) is 13.7. The number of halogens is 1. The number of rotatable bonds is 4. The van der Waals surface area contributed by atoms with Gasteiger partial charge in [0.05, 0.1) is 0 Å². The fraction of sp³-hybridized carbons (Fsp3) is 0.357. The summed E-state index contributed by atoms with van der Waals surface area (Å²) in [5, 5.41) is 19.5. The summed E-state index contributed by atoms with van der Waals surface area (Å²) < 4.78 is 5.16. The Labute approximate surface area is 115 Å². The van der Waals surface area contributed by atoms with E-state index >= 15 is 0 Å². The lowest BCUT2D eigenvalue weighted by atomic mass is 10.1. The van der Waals surface area contributed by atoms with Crippen LogP contribution in [-0.4, -0.2) is 10.2 Å². The summed E-state index contributed by atoms with van der Waals surface area (Å²) in [5.41, 5.74) is -0.636. The molecule has 19 heavy (non-hydrogen) atoms. The second-order valence-electron chi connectivity index (χ2n) is 4.48. The summed E-state index contributed by atoms with van der Waals surface area (Å²) >= 11 is 5.69. The lowest BCUT2D eigenvalue weighted by Gasteiger charge is -2.06. The van der Waals surface area contributed by atoms with Crippen molar-refractivity contribution in [3.8, 4) is 11.5 Å². The molecule has 0 atom stereocenters. The van der Waals surface area contributed by atoms with Crippen LogP contribution in [0.2, 0.25) is 5.02 Å². The Bertz CT molecular complexity index is 661. The van der Waals surface area contributed by atoms with Crippen molar-refractivity contribution < 1.29 is 14.6 Å². The zero-order valence-electron chi connectivity index (χ0n) is 10.6. The fourth-order valence-electron chi connectivity index (χ4n) is 2.02. The molecule has 0 unspecified atom stereocenters. The van der Waals surface area contributed by atoms with E-state index in [9.17, 15) is 15.0 Å². The Morgan fingerprint density at radius 1 is 1.26 bits per heavy atom. The zero-order chi connectivity index (χ0) is 14.0. The summed E-state index contributed by atoms with van der Waals surface area (Å²) in [7, 11) is 0. The average Bonchev–Trinajstić information content (AvgIpc) is 2.36. The van der Waals surface area contributed by atoms with Crippen LogP contribution in [0.4, 0.5) is 0 Å². The van der Waals surface area contributed by atoms with E-state index in [4.69, 9.17) is 16.0 Å². The Morgan fingerprint density at radius 2 is 2.00 bits per heavy atom. The molecule has 2 aromatic rings. The van der Waals surface area contributed by atoms with Crippen LogP contribution >= 0.6 is 11.6 Å². The fourth-order valence-corrected chi connectivity index (χ4v) is 2.17. The van der Waals surface area contributed by atoms with E-state index < -0.39 is 11.4 Å². The minimum atomic E-state index is -0.636. The summed E-state index contributed by atoms with van der Waals surface area (Å²) in [6.45, 7) is 2.09. The zero-order valence-corrected chi connectivity index (χ0v) is 11.3. The number of hydrogen-bond acceptors (Lipinski definition) is 4. The molecule has 4 nitrogen and oxygen atoms in total. The monoisotopic (exact) mass is 282 g/mol. The molecule has 1 aromatic carbocycles. The van der Waals surface area contributed by atoms with Crippen molar-refractivity contribution in [2.45, 2.75) is 32.6 Å². The molecule has 5 heteroatoms. The quantitative estimate of drug-likeness (QED) is 0.841. The maximum atomic E-state index is 11.8. The van der Waals surface area contributed by atoms with Crippen LogP contribution in [0.15, 0.2) is 21.3 Å². The molecule has 0 aliphatic rings. The van der Waals surface area contributed by atoms with Crippen LogP contribution in [-0.2, 0) is 6.42 Å². The lowest BCUT2D eigenvalue weighted by Crippen LogP contribution is -2.03. The van der Waals surface area contributed by atoms with E-state index in [1.165, 1.54) is 6.07 Å². The molecule has 0 radical (unpaired) electrons. The third kappa shape index (κ3) is 2.68. The van der Waals surface area contributed by atoms with E-state index in [-0.39, 0.29) is 16.2 Å². The Kier molecular flexibility index (Phi) is 4.00. The molecule has 0 bridgehead atoms. The van der Waals surface area contributed by atoms with Crippen molar-refractivity contribution in [3.05, 3.63) is 33.3 Å². The number of phenols is 2. The highest BCUT2D eigenvalue weighted by Gasteiger charge is 2.15. The highest BCUT2D eigenvalue weighted by Crippen LogP contribution is 2.38. The number of hydrogen-bond donors (Lipinski definition) is 2. The molecule has 0 aliphatic carbocycles. The Hall–Kier alpha value is -1.68. The predicted molar refractivity (Wildman–Crippen MR) is 74.1 cm³/mol. The van der Waals surface area contributed by atoms with Gasteiger partial charge >= 0.3 is 5.63 Å². The minimum absolute atomic E-state index is 0.00189. The van der Waals surface area contributed by atoms with Gasteiger partial charge in [0.15, 0.2) is 5.75 Å². The van der Waals surface area contributed by atoms with Gasteiger partial charge < -0.3 is 14.6 Å². The maximum absolute atomic E-state index is 11.8. The van der Waals surface area contributed by atoms with E-state index in [1.807, 2.05) is 0 Å². The van der Waals surface area contributed by atoms with E-state index in [1.54, 1.807) is 6.07 Å². The van der Waals surface area contributed by atoms with Crippen LogP contribution in [0.25, 0.3) is 10.8 Å². The maximum Gasteiger partial charge on any atom is 0.347 e. The van der Waals surface area contributed by atoms with Gasteiger partial charge in [0.2, 0.25) is 0 Å². The molecule has 1 aromatic heterocycles. The molecular formula is C14H15ClO4. The first-order valence-corrected chi connectivity index (χ1v) is 6.59.